The molecule has 0 bridgehead atoms. The maximum absolute atomic E-state index is 12.3. The molecule has 2 aliphatic heterocycles. The second kappa shape index (κ2) is 3.44. The number of aliphatic imine (C=N–C) groups is 1. The average molecular weight is 253 g/mol. The highest BCUT2D eigenvalue weighted by Gasteiger charge is 2.40. The van der Waals surface area contributed by atoms with Gasteiger partial charge in [0.1, 0.15) is 4.90 Å². The molecule has 0 saturated heterocycles. The summed E-state index contributed by atoms with van der Waals surface area (Å²) < 4.78 is 25.7. The number of benzene rings is 1. The zero-order valence-corrected chi connectivity index (χ0v) is 9.76. The molecule has 0 saturated carbocycles. The molecule has 0 amide bonds. The molecular formula is C10H11N3O3S. The van der Waals surface area contributed by atoms with Crippen LogP contribution in [0, 0.1) is 0 Å². The summed E-state index contributed by atoms with van der Waals surface area (Å²) in [7, 11) is -3.57. The molecule has 0 aromatic heterocycles. The van der Waals surface area contributed by atoms with Crippen molar-refractivity contribution in [3.05, 3.63) is 24.3 Å². The molecule has 7 heteroatoms. The lowest BCUT2D eigenvalue weighted by Gasteiger charge is -2.37. The van der Waals surface area contributed by atoms with E-state index in [-0.39, 0.29) is 16.5 Å². The number of para-hydroxylation sites is 1. The Hall–Kier alpha value is -1.60. The van der Waals surface area contributed by atoms with Crippen LogP contribution in [0.3, 0.4) is 0 Å². The van der Waals surface area contributed by atoms with E-state index in [1.807, 2.05) is 0 Å². The largest absolute Gasteiger partial charge is 0.281 e. The summed E-state index contributed by atoms with van der Waals surface area (Å²) in [5, 5.41) is 10.8. The average Bonchev–Trinajstić information content (AvgIpc) is 2.37. The van der Waals surface area contributed by atoms with Crippen LogP contribution in [0.5, 0.6) is 0 Å². The van der Waals surface area contributed by atoms with Crippen LogP contribution in [0.15, 0.2) is 34.2 Å². The summed E-state index contributed by atoms with van der Waals surface area (Å²) in [6.07, 6.45) is 0.665. The maximum atomic E-state index is 12.3. The predicted molar refractivity (Wildman–Crippen MR) is 61.5 cm³/mol. The van der Waals surface area contributed by atoms with Gasteiger partial charge in [0, 0.05) is 13.1 Å². The van der Waals surface area contributed by atoms with Crippen LogP contribution in [0.4, 0.5) is 5.69 Å². The summed E-state index contributed by atoms with van der Waals surface area (Å²) in [6.45, 7) is 0.882. The molecule has 0 fully saturated rings. The monoisotopic (exact) mass is 253 g/mol. The van der Waals surface area contributed by atoms with Gasteiger partial charge in [-0.2, -0.15) is 5.06 Å². The Morgan fingerprint density at radius 3 is 2.88 bits per heavy atom. The van der Waals surface area contributed by atoms with Crippen molar-refractivity contribution in [1.29, 1.82) is 0 Å². The number of rotatable bonds is 0. The van der Waals surface area contributed by atoms with Gasteiger partial charge in [0.15, 0.2) is 0 Å². The van der Waals surface area contributed by atoms with E-state index in [4.69, 9.17) is 0 Å². The van der Waals surface area contributed by atoms with Gasteiger partial charge in [-0.15, -0.1) is 0 Å². The van der Waals surface area contributed by atoms with Gasteiger partial charge in [0.05, 0.1) is 5.69 Å². The molecule has 0 aliphatic carbocycles. The molecule has 3 rings (SSSR count). The summed E-state index contributed by atoms with van der Waals surface area (Å²) in [5.41, 5.74) is 0.254. The lowest BCUT2D eigenvalue weighted by Crippen LogP contribution is -2.52. The van der Waals surface area contributed by atoms with Gasteiger partial charge in [0.2, 0.25) is 5.96 Å². The Balaban J connectivity index is 2.29. The summed E-state index contributed by atoms with van der Waals surface area (Å²) in [6, 6.07) is 6.35. The van der Waals surface area contributed by atoms with Crippen LogP contribution in [0.2, 0.25) is 0 Å². The van der Waals surface area contributed by atoms with Gasteiger partial charge in [-0.1, -0.05) is 12.1 Å². The lowest BCUT2D eigenvalue weighted by atomic mass is 10.3. The first kappa shape index (κ1) is 10.5. The minimum absolute atomic E-state index is 0.0925. The Kier molecular flexibility index (Phi) is 2.14. The van der Waals surface area contributed by atoms with E-state index in [2.05, 4.69) is 4.99 Å². The van der Waals surface area contributed by atoms with Gasteiger partial charge >= 0.3 is 0 Å². The van der Waals surface area contributed by atoms with Crippen molar-refractivity contribution in [2.24, 2.45) is 4.99 Å². The normalized spacial score (nSPS) is 21.6. The highest BCUT2D eigenvalue weighted by molar-refractivity contribution is 7.90. The van der Waals surface area contributed by atoms with E-state index < -0.39 is 10.0 Å². The van der Waals surface area contributed by atoms with Crippen molar-refractivity contribution in [3.63, 3.8) is 0 Å². The minimum atomic E-state index is -3.57. The standard InChI is InChI=1S/C10H11N3O3S/c14-13-8-4-1-2-5-9(8)17(15,16)12-7-3-6-11-10(12)13/h1-2,4-5,14H,3,6-7H2. The quantitative estimate of drug-likeness (QED) is 0.736. The third kappa shape index (κ3) is 1.36. The van der Waals surface area contributed by atoms with E-state index in [1.165, 1.54) is 6.07 Å². The smallest absolute Gasteiger partial charge is 0.268 e. The molecule has 0 spiro atoms. The Labute approximate surface area is 98.8 Å². The Morgan fingerprint density at radius 2 is 2.06 bits per heavy atom. The molecule has 17 heavy (non-hydrogen) atoms. The number of sulfonamides is 1. The molecule has 1 aromatic rings. The van der Waals surface area contributed by atoms with Crippen LogP contribution < -0.4 is 5.06 Å². The van der Waals surface area contributed by atoms with Crippen LogP contribution in [-0.2, 0) is 10.0 Å². The summed E-state index contributed by atoms with van der Waals surface area (Å²) in [4.78, 5) is 4.18. The van der Waals surface area contributed by atoms with Crippen molar-refractivity contribution < 1.29 is 13.6 Å². The highest BCUT2D eigenvalue weighted by Crippen LogP contribution is 2.33. The lowest BCUT2D eigenvalue weighted by molar-refractivity contribution is 0.288. The number of guanidine groups is 1. The third-order valence-electron chi connectivity index (χ3n) is 2.85. The number of fused-ring (bicyclic) bond motifs is 2. The molecule has 1 aromatic carbocycles. The molecule has 2 heterocycles. The van der Waals surface area contributed by atoms with Crippen molar-refractivity contribution >= 4 is 21.7 Å². The molecule has 0 atom stereocenters. The van der Waals surface area contributed by atoms with Crippen molar-refractivity contribution in [2.75, 3.05) is 18.2 Å². The molecule has 1 N–H and O–H groups in total. The maximum Gasteiger partial charge on any atom is 0.268 e. The molecule has 0 radical (unpaired) electrons. The van der Waals surface area contributed by atoms with E-state index in [1.54, 1.807) is 18.2 Å². The molecule has 2 aliphatic rings. The van der Waals surface area contributed by atoms with Gasteiger partial charge in [-0.3, -0.25) is 5.21 Å². The van der Waals surface area contributed by atoms with E-state index in [9.17, 15) is 13.6 Å². The van der Waals surface area contributed by atoms with E-state index >= 15 is 0 Å². The number of hydroxylamine groups is 1. The first-order valence-corrected chi connectivity index (χ1v) is 6.71. The van der Waals surface area contributed by atoms with Gasteiger partial charge in [0.25, 0.3) is 10.0 Å². The first-order chi connectivity index (χ1) is 8.12. The molecule has 90 valence electrons. The zero-order chi connectivity index (χ0) is 12.0. The van der Waals surface area contributed by atoms with Gasteiger partial charge in [-0.25, -0.2) is 17.7 Å². The van der Waals surface area contributed by atoms with Gasteiger partial charge < -0.3 is 0 Å². The van der Waals surface area contributed by atoms with Gasteiger partial charge in [-0.05, 0) is 18.6 Å². The van der Waals surface area contributed by atoms with Crippen molar-refractivity contribution in [3.8, 4) is 0 Å². The van der Waals surface area contributed by atoms with Crippen LogP contribution in [-0.4, -0.2) is 37.0 Å². The fourth-order valence-electron chi connectivity index (χ4n) is 2.05. The molecular weight excluding hydrogens is 242 g/mol. The number of hydrogen-bond acceptors (Lipinski definition) is 5. The van der Waals surface area contributed by atoms with Crippen molar-refractivity contribution in [1.82, 2.24) is 4.31 Å². The fraction of sp³-hybridized carbons (Fsp3) is 0.300. The molecule has 0 unspecified atom stereocenters. The number of nitrogens with zero attached hydrogens (tertiary/aromatic N) is 3. The van der Waals surface area contributed by atoms with Crippen LogP contribution >= 0.6 is 0 Å². The van der Waals surface area contributed by atoms with Crippen LogP contribution in [0.1, 0.15) is 6.42 Å². The third-order valence-corrected chi connectivity index (χ3v) is 4.67. The predicted octanol–water partition coefficient (Wildman–Crippen LogP) is 0.646. The SMILES string of the molecule is O=S1(=O)c2ccccc2N(O)C2=NCCCN21. The number of hydrogen-bond donors (Lipinski definition) is 1. The zero-order valence-electron chi connectivity index (χ0n) is 8.94. The summed E-state index contributed by atoms with van der Waals surface area (Å²) in [5.74, 6) is 0.0925. The fourth-order valence-corrected chi connectivity index (χ4v) is 3.68. The summed E-state index contributed by atoms with van der Waals surface area (Å²) >= 11 is 0. The Morgan fingerprint density at radius 1 is 1.29 bits per heavy atom. The van der Waals surface area contributed by atoms with Crippen LogP contribution in [0.25, 0.3) is 0 Å². The minimum Gasteiger partial charge on any atom is -0.281 e. The molecule has 6 nitrogen and oxygen atoms in total. The first-order valence-electron chi connectivity index (χ1n) is 5.27. The number of anilines is 1. The second-order valence-corrected chi connectivity index (χ2v) is 5.72. The topological polar surface area (TPSA) is 73.2 Å². The van der Waals surface area contributed by atoms with E-state index in [0.29, 0.717) is 19.5 Å². The Bertz CT molecular complexity index is 597. The second-order valence-electron chi connectivity index (χ2n) is 3.89. The van der Waals surface area contributed by atoms with Crippen molar-refractivity contribution in [2.45, 2.75) is 11.3 Å². The highest BCUT2D eigenvalue weighted by atomic mass is 32.2. The van der Waals surface area contributed by atoms with E-state index in [0.717, 1.165) is 9.37 Å².